The molecule has 1 unspecified atom stereocenters. The summed E-state index contributed by atoms with van der Waals surface area (Å²) in [6.45, 7) is 4.52. The maximum absolute atomic E-state index is 15.7. The van der Waals surface area contributed by atoms with E-state index in [-0.39, 0.29) is 76.1 Å². The predicted octanol–water partition coefficient (Wildman–Crippen LogP) is 5.01. The molecule has 5 N–H and O–H groups in total. The Morgan fingerprint density at radius 3 is 2.35 bits per heavy atom. The summed E-state index contributed by atoms with van der Waals surface area (Å²) in [5, 5.41) is 52.3. The molecule has 3 aromatic heterocycles. The van der Waals surface area contributed by atoms with Crippen LogP contribution in [0, 0.1) is 32.9 Å². The number of carbonyl (C=O) groups is 2. The summed E-state index contributed by atoms with van der Waals surface area (Å²) in [6, 6.07) is 10.7. The van der Waals surface area contributed by atoms with Crippen molar-refractivity contribution in [1.82, 2.24) is 38.7 Å². The van der Waals surface area contributed by atoms with Crippen LogP contribution < -0.4 is 16.4 Å². The number of rotatable bonds is 13. The minimum Gasteiger partial charge on any atom is -0.508 e. The molecule has 2 atom stereocenters. The lowest BCUT2D eigenvalue weighted by Crippen LogP contribution is -2.42. The van der Waals surface area contributed by atoms with Crippen molar-refractivity contribution in [3.05, 3.63) is 108 Å². The van der Waals surface area contributed by atoms with Crippen molar-refractivity contribution in [2.45, 2.75) is 58.2 Å². The standard InChI is InChI=1S/C46H47F3IN9O9/c1-23(2)30-16-31(36(62)17-35(30)61)40-53-54-46(67)59(40)28-6-4-25(32(47)15-28)18-56-11-8-24(9-12-56)42(63)57-13-10-26(19-57)45(66)68-21-29(60)20-58-22-51-41-37(43(58)64)39(38(49)44(65)55(41)3)52-34-7-5-27(50)14-33(34)48/h4-7,14-17,22-24,26,29,52,60-62H,8-13,18-21H2,1-3H3,(H,54,67)/t26-,29?/m1/s1. The first kappa shape index (κ1) is 47.9. The smallest absolute Gasteiger partial charge is 0.319 e. The van der Waals surface area contributed by atoms with Crippen molar-refractivity contribution in [3.63, 3.8) is 0 Å². The molecule has 2 fully saturated rings. The summed E-state index contributed by atoms with van der Waals surface area (Å²) < 4.78 is 54.7. The number of phenolic OH excluding ortho intramolecular Hbond substituents is 2. The van der Waals surface area contributed by atoms with Gasteiger partial charge in [0.2, 0.25) is 11.7 Å². The molecule has 5 heterocycles. The van der Waals surface area contributed by atoms with Gasteiger partial charge in [0.1, 0.15) is 47.6 Å². The van der Waals surface area contributed by atoms with Crippen LogP contribution in [0.3, 0.4) is 0 Å². The fourth-order valence-electron chi connectivity index (χ4n) is 8.68. The van der Waals surface area contributed by atoms with Crippen LogP contribution in [-0.4, -0.2) is 110 Å². The van der Waals surface area contributed by atoms with E-state index >= 15 is 8.78 Å². The van der Waals surface area contributed by atoms with Crippen LogP contribution >= 0.6 is 22.6 Å². The lowest BCUT2D eigenvalue weighted by Gasteiger charge is -2.33. The average molecular weight is 1050 g/mol. The number of phenols is 2. The molecule has 8 rings (SSSR count). The van der Waals surface area contributed by atoms with Crippen LogP contribution in [0.2, 0.25) is 0 Å². The first-order valence-electron chi connectivity index (χ1n) is 21.7. The molecule has 68 heavy (non-hydrogen) atoms. The molecule has 0 bridgehead atoms. The molecular formula is C46H47F3IN9O9. The molecule has 0 radical (unpaired) electrons. The number of aryl methyl sites for hydroxylation is 1. The Morgan fingerprint density at radius 2 is 1.65 bits per heavy atom. The van der Waals surface area contributed by atoms with Gasteiger partial charge in [-0.15, -0.1) is 5.10 Å². The molecule has 0 aliphatic carbocycles. The molecule has 2 aliphatic rings. The number of nitrogens with zero attached hydrogens (tertiary/aromatic N) is 8. The van der Waals surface area contributed by atoms with Crippen LogP contribution in [0.25, 0.3) is 28.1 Å². The largest absolute Gasteiger partial charge is 0.508 e. The highest BCUT2D eigenvalue weighted by atomic mass is 127. The second-order valence-corrected chi connectivity index (χ2v) is 18.6. The summed E-state index contributed by atoms with van der Waals surface area (Å²) in [4.78, 5) is 60.8. The zero-order valence-corrected chi connectivity index (χ0v) is 39.2. The summed E-state index contributed by atoms with van der Waals surface area (Å²) >= 11 is 1.89. The molecule has 3 aromatic carbocycles. The minimum absolute atomic E-state index is 0.0479. The van der Waals surface area contributed by atoms with Gasteiger partial charge in [-0.25, -0.2) is 18.3 Å². The highest BCUT2D eigenvalue weighted by Gasteiger charge is 2.36. The number of hydrogen-bond acceptors (Lipinski definition) is 14. The topological polar surface area (TPSA) is 230 Å². The Bertz CT molecular complexity index is 3060. The number of amides is 1. The fraction of sp³-hybridized carbons (Fsp3) is 0.370. The predicted molar refractivity (Wildman–Crippen MR) is 249 cm³/mol. The van der Waals surface area contributed by atoms with Gasteiger partial charge in [0.25, 0.3) is 11.1 Å². The van der Waals surface area contributed by atoms with E-state index in [0.29, 0.717) is 53.6 Å². The number of halogens is 4. The van der Waals surface area contributed by atoms with E-state index in [1.807, 2.05) is 41.3 Å². The van der Waals surface area contributed by atoms with E-state index in [4.69, 9.17) is 4.74 Å². The van der Waals surface area contributed by atoms with Crippen molar-refractivity contribution in [3.8, 4) is 34.6 Å². The van der Waals surface area contributed by atoms with Gasteiger partial charge in [-0.2, -0.15) is 4.39 Å². The van der Waals surface area contributed by atoms with E-state index in [9.17, 15) is 44.0 Å². The van der Waals surface area contributed by atoms with Crippen LogP contribution in [0.5, 0.6) is 17.5 Å². The van der Waals surface area contributed by atoms with E-state index in [1.54, 1.807) is 29.2 Å². The highest BCUT2D eigenvalue weighted by Crippen LogP contribution is 2.39. The van der Waals surface area contributed by atoms with Crippen molar-refractivity contribution in [1.29, 1.82) is 0 Å². The first-order chi connectivity index (χ1) is 32.4. The minimum atomic E-state index is -1.41. The number of pyridine rings is 1. The number of likely N-dealkylation sites (tertiary alicyclic amines) is 2. The van der Waals surface area contributed by atoms with Crippen molar-refractivity contribution >= 4 is 56.9 Å². The van der Waals surface area contributed by atoms with Crippen molar-refractivity contribution in [2.24, 2.45) is 18.9 Å². The number of carbonyl (C=O) groups excluding carboxylic acids is 2. The number of fused-ring (bicyclic) bond motifs is 1. The third-order valence-electron chi connectivity index (χ3n) is 12.4. The van der Waals surface area contributed by atoms with Crippen LogP contribution in [0.4, 0.5) is 24.5 Å². The Balaban J connectivity index is 0.833. The first-order valence-corrected chi connectivity index (χ1v) is 22.8. The number of benzene rings is 3. The van der Waals surface area contributed by atoms with Crippen molar-refractivity contribution in [2.75, 3.05) is 38.1 Å². The normalized spacial score (nSPS) is 16.2. The molecule has 6 aromatic rings. The fourth-order valence-corrected chi connectivity index (χ4v) is 9.13. The number of aromatic hydroxyl groups is 3. The van der Waals surface area contributed by atoms with Crippen molar-refractivity contribution < 1.29 is 47.9 Å². The second kappa shape index (κ2) is 19.6. The molecule has 2 saturated heterocycles. The molecule has 0 saturated carbocycles. The third kappa shape index (κ3) is 9.61. The monoisotopic (exact) mass is 1050 g/mol. The van der Waals surface area contributed by atoms with E-state index in [0.717, 1.165) is 15.5 Å². The van der Waals surface area contributed by atoms with Crippen LogP contribution in [0.1, 0.15) is 50.2 Å². The molecule has 358 valence electrons. The Labute approximate surface area is 399 Å². The molecule has 18 nitrogen and oxygen atoms in total. The van der Waals surface area contributed by atoms with Gasteiger partial charge >= 0.3 is 12.0 Å². The summed E-state index contributed by atoms with van der Waals surface area (Å²) in [7, 11) is 1.23. The number of esters is 1. The Hall–Kier alpha value is -6.53. The molecule has 2 aliphatic heterocycles. The second-order valence-electron chi connectivity index (χ2n) is 17.3. The third-order valence-corrected chi connectivity index (χ3v) is 13.1. The summed E-state index contributed by atoms with van der Waals surface area (Å²) in [5.74, 6) is -4.78. The number of hydrogen-bond donors (Lipinski definition) is 5. The molecule has 1 amide bonds. The molecular weight excluding hydrogens is 1010 g/mol. The summed E-state index contributed by atoms with van der Waals surface area (Å²) in [6.07, 6.45) is 1.01. The van der Waals surface area contributed by atoms with Gasteiger partial charge in [0, 0.05) is 47.8 Å². The number of piperidine rings is 1. The Morgan fingerprint density at radius 1 is 0.912 bits per heavy atom. The number of aromatic nitrogens is 6. The van der Waals surface area contributed by atoms with Gasteiger partial charge in [-0.05, 0) is 103 Å². The van der Waals surface area contributed by atoms with Crippen LogP contribution in [0.15, 0.2) is 64.4 Å². The lowest BCUT2D eigenvalue weighted by molar-refractivity contribution is -0.151. The van der Waals surface area contributed by atoms with Gasteiger partial charge in [-0.3, -0.25) is 33.2 Å². The van der Waals surface area contributed by atoms with Gasteiger partial charge < -0.3 is 35.4 Å². The quantitative estimate of drug-likeness (QED) is 0.0757. The van der Waals surface area contributed by atoms with Gasteiger partial charge in [-0.1, -0.05) is 25.0 Å². The highest BCUT2D eigenvalue weighted by molar-refractivity contribution is 14.1. The zero-order valence-electron chi connectivity index (χ0n) is 37.0. The number of anilines is 2. The maximum Gasteiger partial charge on any atom is 0.319 e. The lowest BCUT2D eigenvalue weighted by atomic mass is 9.95. The Kier molecular flexibility index (Phi) is 13.8. The van der Waals surface area contributed by atoms with E-state index < -0.39 is 71.4 Å². The van der Waals surface area contributed by atoms with Gasteiger partial charge in [0.05, 0.1) is 35.1 Å². The number of ether oxygens (including phenoxy) is 1. The number of aliphatic hydroxyl groups excluding tert-OH is 1. The SMILES string of the molecule is CC(C)c1cc(-c2nnc(O)n2-c2ccc(CN3CCC(C(=O)N4CC[C@@H](C(=O)OCC(O)Cn5cnc6c(c(Nc7ccc(I)cc7F)c(F)c(=O)n6C)c5=O)C4)CC3)c(F)c2)c(O)cc1O. The average Bonchev–Trinajstić information content (AvgIpc) is 3.96. The van der Waals surface area contributed by atoms with Gasteiger partial charge in [0.15, 0.2) is 11.5 Å². The van der Waals surface area contributed by atoms with E-state index in [2.05, 4.69) is 20.5 Å². The molecule has 0 spiro atoms. The summed E-state index contributed by atoms with van der Waals surface area (Å²) in [5.41, 5.74) is -1.59. The molecule has 22 heteroatoms. The number of nitrogens with one attached hydrogen (secondary N) is 1. The maximum atomic E-state index is 15.7. The van der Waals surface area contributed by atoms with Crippen LogP contribution in [-0.2, 0) is 34.5 Å². The zero-order chi connectivity index (χ0) is 48.7. The number of aliphatic hydroxyl groups is 1. The van der Waals surface area contributed by atoms with E-state index in [1.165, 1.54) is 35.9 Å².